The molecule has 3 aromatic rings. The number of carbonyl (C=O) groups excluding carboxylic acids is 2. The lowest BCUT2D eigenvalue weighted by Gasteiger charge is -2.10. The number of anilines is 1. The molecule has 166 valence electrons. The lowest BCUT2D eigenvalue weighted by molar-refractivity contribution is -0.121. The van der Waals surface area contributed by atoms with Crippen LogP contribution in [0.2, 0.25) is 0 Å². The van der Waals surface area contributed by atoms with Crippen molar-refractivity contribution in [2.45, 2.75) is 26.3 Å². The summed E-state index contributed by atoms with van der Waals surface area (Å²) in [4.78, 5) is 24.7. The van der Waals surface area contributed by atoms with Crippen LogP contribution in [-0.2, 0) is 17.8 Å². The minimum Gasteiger partial charge on any atom is -0.497 e. The predicted molar refractivity (Wildman–Crippen MR) is 125 cm³/mol. The van der Waals surface area contributed by atoms with Crippen molar-refractivity contribution in [1.29, 1.82) is 0 Å². The van der Waals surface area contributed by atoms with Crippen molar-refractivity contribution in [3.63, 3.8) is 0 Å². The summed E-state index contributed by atoms with van der Waals surface area (Å²) in [5.41, 5.74) is 4.26. The third-order valence-electron chi connectivity index (χ3n) is 5.04. The average Bonchev–Trinajstić information content (AvgIpc) is 2.81. The van der Waals surface area contributed by atoms with Crippen LogP contribution in [0.4, 0.5) is 5.69 Å². The molecular formula is C26H28N2O4. The second kappa shape index (κ2) is 11.0. The van der Waals surface area contributed by atoms with Gasteiger partial charge in [0, 0.05) is 30.3 Å². The molecule has 32 heavy (non-hydrogen) atoms. The largest absolute Gasteiger partial charge is 0.497 e. The van der Waals surface area contributed by atoms with Gasteiger partial charge in [0.1, 0.15) is 11.5 Å². The van der Waals surface area contributed by atoms with Crippen molar-refractivity contribution >= 4 is 17.5 Å². The highest BCUT2D eigenvalue weighted by molar-refractivity contribution is 6.04. The molecule has 0 aliphatic heterocycles. The van der Waals surface area contributed by atoms with E-state index in [4.69, 9.17) is 9.47 Å². The Kier molecular flexibility index (Phi) is 7.86. The molecule has 0 radical (unpaired) electrons. The first-order valence-corrected chi connectivity index (χ1v) is 10.4. The van der Waals surface area contributed by atoms with Crippen LogP contribution in [0, 0.1) is 6.92 Å². The van der Waals surface area contributed by atoms with Gasteiger partial charge in [0.2, 0.25) is 5.91 Å². The van der Waals surface area contributed by atoms with Crippen molar-refractivity contribution in [3.05, 3.63) is 89.0 Å². The number of methoxy groups -OCH3 is 2. The van der Waals surface area contributed by atoms with Crippen molar-refractivity contribution < 1.29 is 19.1 Å². The minimum atomic E-state index is -0.167. The normalized spacial score (nSPS) is 10.3. The van der Waals surface area contributed by atoms with Gasteiger partial charge in [-0.3, -0.25) is 9.59 Å². The standard InChI is InChI=1S/C26H28N2O4/c1-18-7-10-21(11-8-18)26(30)28-22-6-4-5-20(13-22)17-27-25(29)12-9-19-14-23(31-2)16-24(15-19)32-3/h4-8,10-11,13-16H,9,12,17H2,1-3H3,(H,27,29)(H,28,30). The number of carbonyl (C=O) groups is 2. The zero-order valence-corrected chi connectivity index (χ0v) is 18.6. The molecule has 0 saturated heterocycles. The van der Waals surface area contributed by atoms with Crippen LogP contribution in [0.5, 0.6) is 11.5 Å². The molecule has 0 aliphatic rings. The van der Waals surface area contributed by atoms with Crippen molar-refractivity contribution in [2.24, 2.45) is 0 Å². The average molecular weight is 433 g/mol. The molecule has 0 saturated carbocycles. The highest BCUT2D eigenvalue weighted by Crippen LogP contribution is 2.23. The predicted octanol–water partition coefficient (Wildman–Crippen LogP) is 4.51. The minimum absolute atomic E-state index is 0.0547. The van der Waals surface area contributed by atoms with E-state index in [0.29, 0.717) is 42.1 Å². The van der Waals surface area contributed by atoms with E-state index >= 15 is 0 Å². The number of ether oxygens (including phenoxy) is 2. The Morgan fingerprint density at radius 3 is 2.19 bits per heavy atom. The quantitative estimate of drug-likeness (QED) is 0.521. The molecule has 0 heterocycles. The van der Waals surface area contributed by atoms with Crippen LogP contribution in [0.15, 0.2) is 66.7 Å². The summed E-state index contributed by atoms with van der Waals surface area (Å²) in [5.74, 6) is 1.18. The van der Waals surface area contributed by atoms with Crippen LogP contribution in [-0.4, -0.2) is 26.0 Å². The van der Waals surface area contributed by atoms with Crippen LogP contribution < -0.4 is 20.1 Å². The maximum absolute atomic E-state index is 12.4. The Morgan fingerprint density at radius 1 is 0.844 bits per heavy atom. The molecule has 0 fully saturated rings. The first-order valence-electron chi connectivity index (χ1n) is 10.4. The first-order chi connectivity index (χ1) is 15.5. The molecule has 0 aromatic heterocycles. The summed E-state index contributed by atoms with van der Waals surface area (Å²) in [7, 11) is 3.20. The van der Waals surface area contributed by atoms with Gasteiger partial charge >= 0.3 is 0 Å². The molecule has 0 unspecified atom stereocenters. The Bertz CT molecular complexity index is 1060. The maximum Gasteiger partial charge on any atom is 0.255 e. The SMILES string of the molecule is COc1cc(CCC(=O)NCc2cccc(NC(=O)c3ccc(C)cc3)c2)cc(OC)c1. The molecule has 0 aliphatic carbocycles. The highest BCUT2D eigenvalue weighted by Gasteiger charge is 2.08. The number of aryl methyl sites for hydroxylation is 2. The Morgan fingerprint density at radius 2 is 1.53 bits per heavy atom. The molecule has 0 bridgehead atoms. The zero-order valence-electron chi connectivity index (χ0n) is 18.6. The molecule has 6 nitrogen and oxygen atoms in total. The molecule has 3 aromatic carbocycles. The summed E-state index contributed by atoms with van der Waals surface area (Å²) < 4.78 is 10.5. The monoisotopic (exact) mass is 432 g/mol. The Balaban J connectivity index is 1.52. The number of rotatable bonds is 9. The lowest BCUT2D eigenvalue weighted by atomic mass is 10.1. The maximum atomic E-state index is 12.4. The smallest absolute Gasteiger partial charge is 0.255 e. The number of benzene rings is 3. The fourth-order valence-electron chi connectivity index (χ4n) is 3.22. The van der Waals surface area contributed by atoms with Crippen molar-refractivity contribution in [1.82, 2.24) is 5.32 Å². The number of hydrogen-bond donors (Lipinski definition) is 2. The van der Waals surface area contributed by atoms with E-state index in [-0.39, 0.29) is 11.8 Å². The van der Waals surface area contributed by atoms with Gasteiger partial charge in [0.05, 0.1) is 14.2 Å². The summed E-state index contributed by atoms with van der Waals surface area (Å²) in [6.07, 6.45) is 0.923. The van der Waals surface area contributed by atoms with E-state index in [1.165, 1.54) is 0 Å². The van der Waals surface area contributed by atoms with E-state index in [1.54, 1.807) is 32.4 Å². The lowest BCUT2D eigenvalue weighted by Crippen LogP contribution is -2.23. The van der Waals surface area contributed by atoms with Crippen LogP contribution in [0.25, 0.3) is 0 Å². The van der Waals surface area contributed by atoms with Gasteiger partial charge in [-0.25, -0.2) is 0 Å². The van der Waals surface area contributed by atoms with Crippen LogP contribution in [0.1, 0.15) is 33.5 Å². The van der Waals surface area contributed by atoms with Gasteiger partial charge in [0.15, 0.2) is 0 Å². The molecule has 0 atom stereocenters. The molecule has 6 heteroatoms. The Hall–Kier alpha value is -3.80. The number of amides is 2. The molecule has 0 spiro atoms. The topological polar surface area (TPSA) is 76.7 Å². The summed E-state index contributed by atoms with van der Waals surface area (Å²) in [6, 6.07) is 20.5. The molecular weight excluding hydrogens is 404 g/mol. The van der Waals surface area contributed by atoms with Crippen molar-refractivity contribution in [2.75, 3.05) is 19.5 Å². The second-order valence-electron chi connectivity index (χ2n) is 7.52. The first kappa shape index (κ1) is 22.9. The highest BCUT2D eigenvalue weighted by atomic mass is 16.5. The fourth-order valence-corrected chi connectivity index (χ4v) is 3.22. The molecule has 2 N–H and O–H groups in total. The van der Waals surface area contributed by atoms with E-state index in [9.17, 15) is 9.59 Å². The van der Waals surface area contributed by atoms with E-state index in [0.717, 1.165) is 16.7 Å². The molecule has 2 amide bonds. The summed E-state index contributed by atoms with van der Waals surface area (Å²) in [6.45, 7) is 2.36. The van der Waals surface area contributed by atoms with Crippen LogP contribution >= 0.6 is 0 Å². The van der Waals surface area contributed by atoms with Crippen LogP contribution in [0.3, 0.4) is 0 Å². The van der Waals surface area contributed by atoms with E-state index < -0.39 is 0 Å². The summed E-state index contributed by atoms with van der Waals surface area (Å²) >= 11 is 0. The third kappa shape index (κ3) is 6.60. The van der Waals surface area contributed by atoms with Gasteiger partial charge in [0.25, 0.3) is 5.91 Å². The van der Waals surface area contributed by atoms with Gasteiger partial charge in [-0.1, -0.05) is 29.8 Å². The van der Waals surface area contributed by atoms with Gasteiger partial charge in [-0.05, 0) is 60.9 Å². The molecule has 3 rings (SSSR count). The third-order valence-corrected chi connectivity index (χ3v) is 5.04. The van der Waals surface area contributed by atoms with Crippen molar-refractivity contribution in [3.8, 4) is 11.5 Å². The zero-order chi connectivity index (χ0) is 22.9. The van der Waals surface area contributed by atoms with E-state index in [2.05, 4.69) is 10.6 Å². The Labute approximate surface area is 188 Å². The second-order valence-corrected chi connectivity index (χ2v) is 7.52. The van der Waals surface area contributed by atoms with Gasteiger partial charge < -0.3 is 20.1 Å². The summed E-state index contributed by atoms with van der Waals surface area (Å²) in [5, 5.41) is 5.83. The number of hydrogen-bond acceptors (Lipinski definition) is 4. The number of nitrogens with one attached hydrogen (secondary N) is 2. The van der Waals surface area contributed by atoms with Gasteiger partial charge in [-0.15, -0.1) is 0 Å². The fraction of sp³-hybridized carbons (Fsp3) is 0.231. The van der Waals surface area contributed by atoms with Gasteiger partial charge in [-0.2, -0.15) is 0 Å². The van der Waals surface area contributed by atoms with E-state index in [1.807, 2.05) is 55.5 Å².